The Balaban J connectivity index is 3.02. The standard InChI is InChI=1S/C5H3N.6CH3.2Sn/c1-2-4-6-5-3-1;;;;;;;;/h1-2,5H;6*1H3;;. The Kier molecular flexibility index (Phi) is 3.95. The molecule has 0 fully saturated rings. The van der Waals surface area contributed by atoms with Crippen LogP contribution in [0.5, 0.6) is 0 Å². The molecule has 78 valence electrons. The van der Waals surface area contributed by atoms with E-state index >= 15 is 0 Å². The summed E-state index contributed by atoms with van der Waals surface area (Å²) < 4.78 is 2.94. The Morgan fingerprint density at radius 2 is 1.43 bits per heavy atom. The topological polar surface area (TPSA) is 12.9 Å². The minimum absolute atomic E-state index is 1.40. The van der Waals surface area contributed by atoms with Crippen molar-refractivity contribution < 1.29 is 0 Å². The van der Waals surface area contributed by atoms with Crippen LogP contribution in [-0.2, 0) is 0 Å². The van der Waals surface area contributed by atoms with Crippen LogP contribution < -0.4 is 7.29 Å². The van der Waals surface area contributed by atoms with Crippen LogP contribution in [0.25, 0.3) is 0 Å². The molecule has 0 saturated carbocycles. The molecular formula is C11H21NSn2. The first-order valence-corrected chi connectivity index (χ1v) is 25.2. The Bertz CT molecular complexity index is 271. The van der Waals surface area contributed by atoms with E-state index in [1.165, 1.54) is 3.71 Å². The Morgan fingerprint density at radius 1 is 0.857 bits per heavy atom. The van der Waals surface area contributed by atoms with Crippen molar-refractivity contribution in [3.63, 3.8) is 0 Å². The number of aromatic nitrogens is 1. The van der Waals surface area contributed by atoms with Crippen molar-refractivity contribution in [2.45, 2.75) is 29.6 Å². The first-order valence-electron chi connectivity index (χ1n) is 5.18. The molecule has 0 N–H and O–H groups in total. The molecule has 0 spiro atoms. The van der Waals surface area contributed by atoms with E-state index in [9.17, 15) is 0 Å². The fourth-order valence-corrected chi connectivity index (χ4v) is 7.19. The summed E-state index contributed by atoms with van der Waals surface area (Å²) in [6.07, 6.45) is 2.15. The number of nitrogens with zero attached hydrogens (tertiary/aromatic N) is 1. The molecular weight excluding hydrogens is 384 g/mol. The maximum absolute atomic E-state index is 4.66. The predicted molar refractivity (Wildman–Crippen MR) is 70.2 cm³/mol. The van der Waals surface area contributed by atoms with Gasteiger partial charge in [-0.3, -0.25) is 0 Å². The molecule has 0 radical (unpaired) electrons. The normalized spacial score (nSPS) is 13.0. The molecule has 0 unspecified atom stereocenters. The van der Waals surface area contributed by atoms with Crippen LogP contribution in [0.1, 0.15) is 0 Å². The van der Waals surface area contributed by atoms with Gasteiger partial charge in [-0.25, -0.2) is 0 Å². The second-order valence-corrected chi connectivity index (χ2v) is 34.7. The first-order chi connectivity index (χ1) is 6.21. The van der Waals surface area contributed by atoms with Gasteiger partial charge in [-0.2, -0.15) is 0 Å². The van der Waals surface area contributed by atoms with Gasteiger partial charge in [-0.05, 0) is 0 Å². The molecule has 1 nitrogen and oxygen atoms in total. The molecule has 0 aliphatic rings. The Hall–Kier alpha value is 0.747. The number of hydrogen-bond donors (Lipinski definition) is 0. The first kappa shape index (κ1) is 12.8. The van der Waals surface area contributed by atoms with Gasteiger partial charge in [0.05, 0.1) is 0 Å². The Morgan fingerprint density at radius 3 is 1.71 bits per heavy atom. The van der Waals surface area contributed by atoms with Crippen molar-refractivity contribution in [1.82, 2.24) is 4.98 Å². The van der Waals surface area contributed by atoms with Gasteiger partial charge in [0.1, 0.15) is 0 Å². The molecule has 1 rings (SSSR count). The molecule has 0 aliphatic heterocycles. The van der Waals surface area contributed by atoms with E-state index < -0.39 is 36.8 Å². The summed E-state index contributed by atoms with van der Waals surface area (Å²) in [5.74, 6) is 0. The summed E-state index contributed by atoms with van der Waals surface area (Å²) in [5.41, 5.74) is 0. The van der Waals surface area contributed by atoms with Gasteiger partial charge in [0.25, 0.3) is 0 Å². The van der Waals surface area contributed by atoms with E-state index in [2.05, 4.69) is 53.0 Å². The molecule has 0 aromatic carbocycles. The average Bonchev–Trinajstić information content (AvgIpc) is 2.01. The van der Waals surface area contributed by atoms with E-state index in [4.69, 9.17) is 0 Å². The predicted octanol–water partition coefficient (Wildman–Crippen LogP) is 2.17. The molecule has 1 heterocycles. The van der Waals surface area contributed by atoms with Crippen LogP contribution in [0.3, 0.4) is 0 Å². The number of pyridine rings is 1. The summed E-state index contributed by atoms with van der Waals surface area (Å²) >= 11 is -3.77. The molecule has 0 bridgehead atoms. The zero-order valence-electron chi connectivity index (χ0n) is 10.2. The van der Waals surface area contributed by atoms with E-state index in [0.29, 0.717) is 0 Å². The van der Waals surface area contributed by atoms with E-state index in [0.717, 1.165) is 0 Å². The summed E-state index contributed by atoms with van der Waals surface area (Å²) in [5, 5.41) is 0. The molecule has 0 atom stereocenters. The molecule has 0 aliphatic carbocycles. The van der Waals surface area contributed by atoms with Crippen molar-refractivity contribution in [1.29, 1.82) is 0 Å². The Labute approximate surface area is 96.1 Å². The van der Waals surface area contributed by atoms with Gasteiger partial charge >= 0.3 is 97.0 Å². The SMILES string of the molecule is [CH3][Sn]([CH3])([CH3])[c]1cc[c]([Sn]([CH3])([CH3])[CH3])nc1. The quantitative estimate of drug-likeness (QED) is 0.689. The van der Waals surface area contributed by atoms with Gasteiger partial charge in [-0.1, -0.05) is 0 Å². The third-order valence-electron chi connectivity index (χ3n) is 2.40. The van der Waals surface area contributed by atoms with Crippen molar-refractivity contribution >= 4 is 44.0 Å². The van der Waals surface area contributed by atoms with E-state index in [1.54, 1.807) is 3.58 Å². The second kappa shape index (κ2) is 4.32. The summed E-state index contributed by atoms with van der Waals surface area (Å²) in [6.45, 7) is 0. The van der Waals surface area contributed by atoms with Gasteiger partial charge in [0.2, 0.25) is 0 Å². The molecule has 1 aromatic heterocycles. The maximum atomic E-state index is 4.66. The third-order valence-corrected chi connectivity index (χ3v) is 13.4. The average molecular weight is 405 g/mol. The fourth-order valence-electron chi connectivity index (χ4n) is 1.28. The zero-order chi connectivity index (χ0) is 11.0. The van der Waals surface area contributed by atoms with Crippen LogP contribution in [0.15, 0.2) is 18.3 Å². The summed E-state index contributed by atoms with van der Waals surface area (Å²) in [4.78, 5) is 19.2. The third kappa shape index (κ3) is 3.40. The monoisotopic (exact) mass is 407 g/mol. The molecule has 0 amide bonds. The molecule has 14 heavy (non-hydrogen) atoms. The fraction of sp³-hybridized carbons (Fsp3) is 0.545. The molecule has 0 saturated heterocycles. The van der Waals surface area contributed by atoms with Gasteiger partial charge in [0, 0.05) is 0 Å². The second-order valence-electron chi connectivity index (χ2n) is 5.93. The minimum atomic E-state index is -1.91. The number of rotatable bonds is 2. The van der Waals surface area contributed by atoms with Crippen LogP contribution in [-0.4, -0.2) is 41.7 Å². The van der Waals surface area contributed by atoms with Crippen LogP contribution in [0.2, 0.25) is 29.6 Å². The van der Waals surface area contributed by atoms with Crippen LogP contribution in [0, 0.1) is 0 Å². The number of hydrogen-bond acceptors (Lipinski definition) is 1. The zero-order valence-corrected chi connectivity index (χ0v) is 15.9. The van der Waals surface area contributed by atoms with Gasteiger partial charge in [0.15, 0.2) is 0 Å². The van der Waals surface area contributed by atoms with E-state index in [1.807, 2.05) is 0 Å². The van der Waals surface area contributed by atoms with Crippen molar-refractivity contribution in [2.24, 2.45) is 0 Å². The van der Waals surface area contributed by atoms with Crippen LogP contribution >= 0.6 is 0 Å². The van der Waals surface area contributed by atoms with Crippen molar-refractivity contribution in [3.05, 3.63) is 18.3 Å². The summed E-state index contributed by atoms with van der Waals surface area (Å²) in [7, 11) is 0. The summed E-state index contributed by atoms with van der Waals surface area (Å²) in [6, 6.07) is 4.62. The molecule has 1 aromatic rings. The van der Waals surface area contributed by atoms with Crippen molar-refractivity contribution in [2.75, 3.05) is 0 Å². The molecule has 3 heteroatoms. The van der Waals surface area contributed by atoms with Crippen molar-refractivity contribution in [3.8, 4) is 0 Å². The van der Waals surface area contributed by atoms with E-state index in [-0.39, 0.29) is 0 Å². The van der Waals surface area contributed by atoms with Crippen LogP contribution in [0.4, 0.5) is 0 Å². The van der Waals surface area contributed by atoms with Gasteiger partial charge in [-0.15, -0.1) is 0 Å². The van der Waals surface area contributed by atoms with Gasteiger partial charge < -0.3 is 0 Å².